The maximum Gasteiger partial charge on any atom is 0.198 e. The summed E-state index contributed by atoms with van der Waals surface area (Å²) < 4.78 is 6.82. The van der Waals surface area contributed by atoms with Gasteiger partial charge in [-0.05, 0) is 31.5 Å². The van der Waals surface area contributed by atoms with Gasteiger partial charge in [-0.15, -0.1) is 0 Å². The molecule has 0 radical (unpaired) electrons. The zero-order valence-electron chi connectivity index (χ0n) is 9.52. The molecule has 2 rings (SSSR count). The zero-order valence-corrected chi connectivity index (χ0v) is 11.0. The monoisotopic (exact) mass is 273 g/mol. The van der Waals surface area contributed by atoms with Gasteiger partial charge < -0.3 is 10.2 Å². The van der Waals surface area contributed by atoms with Gasteiger partial charge in [0.25, 0.3) is 0 Å². The van der Waals surface area contributed by atoms with Crippen LogP contribution in [-0.4, -0.2) is 9.78 Å². The highest BCUT2D eigenvalue weighted by atomic mass is 35.5. The minimum atomic E-state index is -0.446. The first kappa shape index (κ1) is 12.5. The third kappa shape index (κ3) is 2.20. The van der Waals surface area contributed by atoms with Crippen LogP contribution >= 0.6 is 23.2 Å². The van der Waals surface area contributed by atoms with Crippen LogP contribution in [0.4, 0.5) is 0 Å². The lowest BCUT2D eigenvalue weighted by molar-refractivity contribution is 0.497. The van der Waals surface area contributed by atoms with Crippen molar-refractivity contribution >= 4 is 23.2 Å². The van der Waals surface area contributed by atoms with Gasteiger partial charge in [0.05, 0.1) is 29.2 Å². The second kappa shape index (κ2) is 4.72. The molecule has 0 amide bonds. The smallest absolute Gasteiger partial charge is 0.198 e. The average molecular weight is 274 g/mol. The Hall–Kier alpha value is -0.970. The molecule has 0 spiro atoms. The number of nitrogens with zero attached hydrogens (tertiary/aromatic N) is 2. The van der Waals surface area contributed by atoms with Crippen molar-refractivity contribution in [3.05, 3.63) is 40.0 Å². The fourth-order valence-corrected chi connectivity index (χ4v) is 2.21. The molecule has 92 valence electrons. The molecule has 6 heteroatoms. The third-order valence-electron chi connectivity index (χ3n) is 2.55. The van der Waals surface area contributed by atoms with E-state index in [1.807, 2.05) is 13.8 Å². The Labute approximate surface area is 109 Å². The number of halogens is 2. The van der Waals surface area contributed by atoms with Crippen molar-refractivity contribution in [1.82, 2.24) is 9.78 Å². The fourth-order valence-electron chi connectivity index (χ4n) is 1.73. The quantitative estimate of drug-likeness (QED) is 0.933. The predicted octanol–water partition coefficient (Wildman–Crippen LogP) is 3.41. The van der Waals surface area contributed by atoms with Gasteiger partial charge in [0, 0.05) is 11.6 Å². The first-order valence-corrected chi connectivity index (χ1v) is 5.99. The molecular formula is C11H13Cl2N3O. The number of hydrogen-bond donors (Lipinski definition) is 1. The van der Waals surface area contributed by atoms with E-state index in [-0.39, 0.29) is 11.3 Å². The second-order valence-corrected chi connectivity index (χ2v) is 4.79. The summed E-state index contributed by atoms with van der Waals surface area (Å²) in [6.45, 7) is 4.02. The Kier molecular flexibility index (Phi) is 3.47. The third-order valence-corrected chi connectivity index (χ3v) is 3.15. The van der Waals surface area contributed by atoms with Crippen LogP contribution < -0.4 is 5.73 Å². The summed E-state index contributed by atoms with van der Waals surface area (Å²) >= 11 is 12.0. The molecule has 2 aromatic rings. The van der Waals surface area contributed by atoms with Gasteiger partial charge in [0.2, 0.25) is 0 Å². The largest absolute Gasteiger partial charge is 0.453 e. The van der Waals surface area contributed by atoms with Crippen molar-refractivity contribution in [1.29, 1.82) is 0 Å². The number of aromatic nitrogens is 2. The van der Waals surface area contributed by atoms with Crippen molar-refractivity contribution in [3.63, 3.8) is 0 Å². The molecule has 0 saturated carbocycles. The Morgan fingerprint density at radius 2 is 2.12 bits per heavy atom. The molecule has 0 fully saturated rings. The highest BCUT2D eigenvalue weighted by Crippen LogP contribution is 2.32. The van der Waals surface area contributed by atoms with E-state index in [0.29, 0.717) is 10.6 Å². The van der Waals surface area contributed by atoms with E-state index in [1.165, 1.54) is 6.26 Å². The van der Waals surface area contributed by atoms with Gasteiger partial charge in [-0.25, -0.2) is 0 Å². The molecule has 0 aliphatic rings. The molecule has 1 atom stereocenters. The van der Waals surface area contributed by atoms with Gasteiger partial charge in [-0.2, -0.15) is 5.10 Å². The molecular weight excluding hydrogens is 261 g/mol. The normalized spacial score (nSPS) is 13.3. The first-order valence-electron chi connectivity index (χ1n) is 5.23. The molecule has 0 bridgehead atoms. The zero-order chi connectivity index (χ0) is 12.6. The topological polar surface area (TPSA) is 57.0 Å². The van der Waals surface area contributed by atoms with Gasteiger partial charge >= 0.3 is 0 Å². The van der Waals surface area contributed by atoms with Crippen molar-refractivity contribution in [2.75, 3.05) is 0 Å². The van der Waals surface area contributed by atoms with E-state index >= 15 is 0 Å². The van der Waals surface area contributed by atoms with E-state index in [2.05, 4.69) is 5.10 Å². The number of nitrogens with two attached hydrogens (primary N) is 1. The molecule has 0 saturated heterocycles. The van der Waals surface area contributed by atoms with Crippen LogP contribution in [0.15, 0.2) is 22.9 Å². The standard InChI is InChI=1S/C11H13Cl2N3O/c1-6(2)16-10(8(12)5-15-16)9(14)7-3-4-17-11(7)13/h3-6,9H,14H2,1-2H3. The molecule has 2 N–H and O–H groups in total. The van der Waals surface area contributed by atoms with Crippen LogP contribution in [-0.2, 0) is 0 Å². The number of rotatable bonds is 3. The highest BCUT2D eigenvalue weighted by Gasteiger charge is 2.23. The summed E-state index contributed by atoms with van der Waals surface area (Å²) in [4.78, 5) is 0. The fraction of sp³-hybridized carbons (Fsp3) is 0.364. The molecule has 2 heterocycles. The maximum absolute atomic E-state index is 6.16. The molecule has 0 aliphatic carbocycles. The van der Waals surface area contributed by atoms with E-state index in [1.54, 1.807) is 16.9 Å². The van der Waals surface area contributed by atoms with Crippen LogP contribution in [0.5, 0.6) is 0 Å². The lowest BCUT2D eigenvalue weighted by atomic mass is 10.1. The lowest BCUT2D eigenvalue weighted by Crippen LogP contribution is -2.19. The van der Waals surface area contributed by atoms with Crippen LogP contribution in [0.25, 0.3) is 0 Å². The minimum Gasteiger partial charge on any atom is -0.453 e. The molecule has 0 aliphatic heterocycles. The molecule has 17 heavy (non-hydrogen) atoms. The summed E-state index contributed by atoms with van der Waals surface area (Å²) in [6, 6.07) is 1.47. The predicted molar refractivity (Wildman–Crippen MR) is 67.4 cm³/mol. The Bertz CT molecular complexity index is 519. The van der Waals surface area contributed by atoms with E-state index in [0.717, 1.165) is 5.69 Å². The van der Waals surface area contributed by atoms with Gasteiger partial charge in [-0.1, -0.05) is 11.6 Å². The summed E-state index contributed by atoms with van der Waals surface area (Å²) in [6.07, 6.45) is 3.09. The van der Waals surface area contributed by atoms with Crippen molar-refractivity contribution < 1.29 is 4.42 Å². The van der Waals surface area contributed by atoms with Gasteiger partial charge in [0.1, 0.15) is 0 Å². The van der Waals surface area contributed by atoms with Crippen molar-refractivity contribution in [2.24, 2.45) is 5.73 Å². The average Bonchev–Trinajstić information content (AvgIpc) is 2.83. The van der Waals surface area contributed by atoms with E-state index in [4.69, 9.17) is 33.4 Å². The second-order valence-electron chi connectivity index (χ2n) is 4.04. The van der Waals surface area contributed by atoms with Crippen LogP contribution in [0.3, 0.4) is 0 Å². The molecule has 2 aromatic heterocycles. The van der Waals surface area contributed by atoms with Crippen molar-refractivity contribution in [2.45, 2.75) is 25.9 Å². The Morgan fingerprint density at radius 1 is 1.41 bits per heavy atom. The van der Waals surface area contributed by atoms with Crippen LogP contribution in [0.2, 0.25) is 10.2 Å². The number of hydrogen-bond acceptors (Lipinski definition) is 3. The van der Waals surface area contributed by atoms with Crippen LogP contribution in [0.1, 0.15) is 37.2 Å². The van der Waals surface area contributed by atoms with E-state index in [9.17, 15) is 0 Å². The first-order chi connectivity index (χ1) is 8.02. The van der Waals surface area contributed by atoms with Gasteiger partial charge in [-0.3, -0.25) is 4.68 Å². The maximum atomic E-state index is 6.16. The molecule has 1 unspecified atom stereocenters. The Balaban J connectivity index is 2.47. The Morgan fingerprint density at radius 3 is 2.65 bits per heavy atom. The lowest BCUT2D eigenvalue weighted by Gasteiger charge is -2.16. The van der Waals surface area contributed by atoms with Gasteiger partial charge in [0.15, 0.2) is 5.22 Å². The van der Waals surface area contributed by atoms with E-state index < -0.39 is 6.04 Å². The molecule has 4 nitrogen and oxygen atoms in total. The summed E-state index contributed by atoms with van der Waals surface area (Å²) in [5.74, 6) is 0. The van der Waals surface area contributed by atoms with Crippen LogP contribution in [0, 0.1) is 0 Å². The summed E-state index contributed by atoms with van der Waals surface area (Å²) in [7, 11) is 0. The SMILES string of the molecule is CC(C)n1ncc(Cl)c1C(N)c1ccoc1Cl. The number of furan rings is 1. The van der Waals surface area contributed by atoms with Crippen molar-refractivity contribution in [3.8, 4) is 0 Å². The summed E-state index contributed by atoms with van der Waals surface area (Å²) in [5, 5.41) is 5.02. The highest BCUT2D eigenvalue weighted by molar-refractivity contribution is 6.31. The summed E-state index contributed by atoms with van der Waals surface area (Å²) in [5.41, 5.74) is 7.60. The molecule has 0 aromatic carbocycles. The minimum absolute atomic E-state index is 0.175.